The van der Waals surface area contributed by atoms with Crippen molar-refractivity contribution < 1.29 is 15.0 Å². The van der Waals surface area contributed by atoms with Crippen LogP contribution in [0.5, 0.6) is 0 Å². The lowest BCUT2D eigenvalue weighted by atomic mass is 9.79. The van der Waals surface area contributed by atoms with Gasteiger partial charge in [0.15, 0.2) is 5.17 Å². The maximum Gasteiger partial charge on any atom is 0.221 e. The van der Waals surface area contributed by atoms with E-state index in [-0.39, 0.29) is 17.7 Å². The first-order chi connectivity index (χ1) is 13.9. The largest absolute Gasteiger partial charge is 0.390 e. The number of fused-ring (bicyclic) bond motifs is 1. The third-order valence-electron chi connectivity index (χ3n) is 6.42. The van der Waals surface area contributed by atoms with E-state index in [1.807, 2.05) is 12.1 Å². The fourth-order valence-electron chi connectivity index (χ4n) is 4.87. The van der Waals surface area contributed by atoms with Gasteiger partial charge in [-0.05, 0) is 49.4 Å². The van der Waals surface area contributed by atoms with Crippen molar-refractivity contribution in [3.05, 3.63) is 29.3 Å². The van der Waals surface area contributed by atoms with Crippen LogP contribution in [0.25, 0.3) is 0 Å². The molecule has 1 aromatic rings. The number of amides is 1. The van der Waals surface area contributed by atoms with Crippen LogP contribution in [0.4, 0.5) is 5.69 Å². The fraction of sp³-hybridized carbons (Fsp3) is 0.619. The van der Waals surface area contributed by atoms with Crippen molar-refractivity contribution in [3.63, 3.8) is 0 Å². The van der Waals surface area contributed by atoms with E-state index in [1.54, 1.807) is 12.1 Å². The van der Waals surface area contributed by atoms with E-state index in [0.717, 1.165) is 30.2 Å². The Bertz CT molecular complexity index is 769. The van der Waals surface area contributed by atoms with Gasteiger partial charge in [0, 0.05) is 16.8 Å². The number of nitrogens with zero attached hydrogens (tertiary/aromatic N) is 2. The molecule has 0 unspecified atom stereocenters. The smallest absolute Gasteiger partial charge is 0.221 e. The number of carbonyl (C=O) groups excluding carboxylic acids is 1. The molecular formula is C21H28ClN3O3S. The van der Waals surface area contributed by atoms with Crippen molar-refractivity contribution in [3.8, 4) is 0 Å². The number of primary amides is 1. The molecule has 2 saturated carbocycles. The minimum atomic E-state index is -0.960. The number of halogens is 1. The predicted octanol–water partition coefficient (Wildman–Crippen LogP) is 2.92. The zero-order chi connectivity index (χ0) is 20.5. The Hall–Kier alpha value is -1.28. The number of carbonyl (C=O) groups is 1. The maximum atomic E-state index is 12.1. The summed E-state index contributed by atoms with van der Waals surface area (Å²) in [5.41, 5.74) is 6.43. The highest BCUT2D eigenvalue weighted by atomic mass is 35.5. The van der Waals surface area contributed by atoms with E-state index in [0.29, 0.717) is 10.9 Å². The molecule has 1 saturated heterocycles. The summed E-state index contributed by atoms with van der Waals surface area (Å²) in [5.74, 6) is -0.393. The van der Waals surface area contributed by atoms with E-state index in [2.05, 4.69) is 4.90 Å². The van der Waals surface area contributed by atoms with Gasteiger partial charge in [-0.25, -0.2) is 4.99 Å². The number of aliphatic imine (C=N–C) groups is 1. The Labute approximate surface area is 180 Å². The molecule has 0 radical (unpaired) electrons. The Balaban J connectivity index is 1.68. The molecule has 8 heteroatoms. The number of hydrogen-bond donors (Lipinski definition) is 3. The molecule has 0 spiro atoms. The van der Waals surface area contributed by atoms with E-state index in [1.165, 1.54) is 31.0 Å². The molecule has 4 N–H and O–H groups in total. The molecule has 1 amide bonds. The van der Waals surface area contributed by atoms with Gasteiger partial charge in [-0.1, -0.05) is 42.6 Å². The van der Waals surface area contributed by atoms with Crippen molar-refractivity contribution in [2.24, 2.45) is 22.6 Å². The van der Waals surface area contributed by atoms with Crippen molar-refractivity contribution in [1.29, 1.82) is 0 Å². The molecule has 4 rings (SSSR count). The summed E-state index contributed by atoms with van der Waals surface area (Å²) in [7, 11) is 0. The van der Waals surface area contributed by atoms with Crippen molar-refractivity contribution >= 4 is 40.1 Å². The molecule has 3 aliphatic rings. The van der Waals surface area contributed by atoms with Gasteiger partial charge >= 0.3 is 0 Å². The van der Waals surface area contributed by atoms with Crippen LogP contribution in [0.3, 0.4) is 0 Å². The predicted molar refractivity (Wildman–Crippen MR) is 116 cm³/mol. The molecule has 6 nitrogen and oxygen atoms in total. The molecule has 0 aromatic heterocycles. The van der Waals surface area contributed by atoms with Crippen LogP contribution < -0.4 is 5.73 Å². The summed E-state index contributed by atoms with van der Waals surface area (Å²) in [6.07, 6.45) is 4.33. The average molecular weight is 438 g/mol. The van der Waals surface area contributed by atoms with Crippen LogP contribution in [-0.4, -0.2) is 56.2 Å². The topological polar surface area (TPSA) is 99.2 Å². The molecule has 1 aliphatic heterocycles. The summed E-state index contributed by atoms with van der Waals surface area (Å²) >= 11 is 7.50. The Morgan fingerprint density at radius 3 is 2.55 bits per heavy atom. The van der Waals surface area contributed by atoms with Gasteiger partial charge in [0.2, 0.25) is 5.91 Å². The second kappa shape index (κ2) is 8.84. The number of rotatable bonds is 4. The molecule has 29 heavy (non-hydrogen) atoms. The van der Waals surface area contributed by atoms with Crippen molar-refractivity contribution in [2.75, 3.05) is 6.54 Å². The van der Waals surface area contributed by atoms with Gasteiger partial charge in [-0.2, -0.15) is 0 Å². The standard InChI is InChI=1S/C21H28ClN3O3S/c22-13-6-8-14(9-7-13)24-21-25(11-12-4-2-1-3-5-12)17-18(27)16(26)10-15(20(23)28)19(17)29-21/h6-9,12,15-19,26-27H,1-5,10-11H2,(H2,23,28)/t15-,16+,17-,18-,19+/m0/s1. The molecule has 2 aliphatic carbocycles. The Morgan fingerprint density at radius 1 is 1.21 bits per heavy atom. The molecule has 5 atom stereocenters. The first-order valence-corrected chi connectivity index (χ1v) is 11.6. The number of benzene rings is 1. The highest BCUT2D eigenvalue weighted by Crippen LogP contribution is 2.45. The minimum absolute atomic E-state index is 0.191. The van der Waals surface area contributed by atoms with E-state index >= 15 is 0 Å². The average Bonchev–Trinajstić information content (AvgIpc) is 3.05. The molecule has 0 bridgehead atoms. The lowest BCUT2D eigenvalue weighted by Crippen LogP contribution is -2.59. The number of amidine groups is 1. The van der Waals surface area contributed by atoms with Gasteiger partial charge in [0.05, 0.1) is 23.8 Å². The minimum Gasteiger partial charge on any atom is -0.390 e. The fourth-order valence-corrected chi connectivity index (χ4v) is 6.58. The third kappa shape index (κ3) is 4.43. The Kier molecular flexibility index (Phi) is 6.39. The summed E-state index contributed by atoms with van der Waals surface area (Å²) in [6, 6.07) is 6.93. The van der Waals surface area contributed by atoms with Crippen LogP contribution >= 0.6 is 23.4 Å². The van der Waals surface area contributed by atoms with Gasteiger partial charge < -0.3 is 20.8 Å². The van der Waals surface area contributed by atoms with Crippen molar-refractivity contribution in [2.45, 2.75) is 62.0 Å². The number of nitrogens with two attached hydrogens (primary N) is 1. The number of aliphatic hydroxyl groups is 2. The third-order valence-corrected chi connectivity index (χ3v) is 8.08. The number of hydrogen-bond acceptors (Lipinski definition) is 5. The quantitative estimate of drug-likeness (QED) is 0.672. The number of aliphatic hydroxyl groups excluding tert-OH is 2. The summed E-state index contributed by atoms with van der Waals surface area (Å²) in [5, 5.41) is 22.5. The lowest BCUT2D eigenvalue weighted by Gasteiger charge is -2.42. The SMILES string of the molecule is NC(=O)[C@H]1C[C@@H](O)[C@H](O)[C@H]2[C@@H]1SC(=Nc1ccc(Cl)cc1)N2CC1CCCCC1. The zero-order valence-electron chi connectivity index (χ0n) is 16.3. The summed E-state index contributed by atoms with van der Waals surface area (Å²) in [6.45, 7) is 0.774. The first kappa shape index (κ1) is 21.0. The van der Waals surface area contributed by atoms with Gasteiger partial charge in [-0.3, -0.25) is 4.79 Å². The van der Waals surface area contributed by atoms with Gasteiger partial charge in [0.25, 0.3) is 0 Å². The Morgan fingerprint density at radius 2 is 1.90 bits per heavy atom. The van der Waals surface area contributed by atoms with Crippen LogP contribution in [-0.2, 0) is 4.79 Å². The van der Waals surface area contributed by atoms with E-state index < -0.39 is 24.0 Å². The summed E-state index contributed by atoms with van der Waals surface area (Å²) < 4.78 is 0. The highest BCUT2D eigenvalue weighted by Gasteiger charge is 2.54. The van der Waals surface area contributed by atoms with Crippen LogP contribution in [0.1, 0.15) is 38.5 Å². The molecule has 158 valence electrons. The first-order valence-electron chi connectivity index (χ1n) is 10.4. The zero-order valence-corrected chi connectivity index (χ0v) is 17.9. The van der Waals surface area contributed by atoms with Crippen LogP contribution in [0, 0.1) is 11.8 Å². The van der Waals surface area contributed by atoms with E-state index in [9.17, 15) is 15.0 Å². The second-order valence-electron chi connectivity index (χ2n) is 8.40. The van der Waals surface area contributed by atoms with Crippen LogP contribution in [0.2, 0.25) is 5.02 Å². The van der Waals surface area contributed by atoms with Gasteiger partial charge in [0.1, 0.15) is 6.10 Å². The van der Waals surface area contributed by atoms with E-state index in [4.69, 9.17) is 22.3 Å². The second-order valence-corrected chi connectivity index (χ2v) is 9.98. The normalized spacial score (nSPS) is 34.4. The van der Waals surface area contributed by atoms with Crippen molar-refractivity contribution in [1.82, 2.24) is 4.90 Å². The van der Waals surface area contributed by atoms with Gasteiger partial charge in [-0.15, -0.1) is 0 Å². The molecular weight excluding hydrogens is 410 g/mol. The summed E-state index contributed by atoms with van der Waals surface area (Å²) in [4.78, 5) is 19.0. The maximum absolute atomic E-state index is 12.1. The molecule has 1 aromatic carbocycles. The highest BCUT2D eigenvalue weighted by molar-refractivity contribution is 8.14. The molecule has 3 fully saturated rings. The van der Waals surface area contributed by atoms with Crippen LogP contribution in [0.15, 0.2) is 29.3 Å². The monoisotopic (exact) mass is 437 g/mol. The molecule has 1 heterocycles. The number of thioether (sulfide) groups is 1. The lowest BCUT2D eigenvalue weighted by molar-refractivity contribution is -0.128.